The standard InChI is InChI=1S/C5H8N4O2/c1-6-2-3-9-4(10)7-8-5(9)11/h6H,2-3H2,1H3. The van der Waals surface area contributed by atoms with Gasteiger partial charge in [-0.3, -0.25) is 0 Å². The molecule has 0 spiro atoms. The first-order valence-corrected chi connectivity index (χ1v) is 3.17. The predicted octanol–water partition coefficient (Wildman–Crippen LogP) is 0.214. The Balaban J connectivity index is 2.46. The molecular weight excluding hydrogens is 148 g/mol. The summed E-state index contributed by atoms with van der Waals surface area (Å²) >= 11 is 0. The summed E-state index contributed by atoms with van der Waals surface area (Å²) in [4.78, 5) is 22.4. The van der Waals surface area contributed by atoms with Crippen LogP contribution >= 0.6 is 0 Å². The fraction of sp³-hybridized carbons (Fsp3) is 0.600. The summed E-state index contributed by atoms with van der Waals surface area (Å²) in [6.07, 6.45) is 0. The van der Waals surface area contributed by atoms with Gasteiger partial charge in [-0.2, -0.15) is 0 Å². The van der Waals surface area contributed by atoms with E-state index >= 15 is 0 Å². The number of rotatable bonds is 3. The van der Waals surface area contributed by atoms with Crippen molar-refractivity contribution in [3.05, 3.63) is 0 Å². The van der Waals surface area contributed by atoms with Crippen molar-refractivity contribution >= 4 is 12.1 Å². The van der Waals surface area contributed by atoms with Crippen LogP contribution in [0.2, 0.25) is 0 Å². The Morgan fingerprint density at radius 1 is 1.36 bits per heavy atom. The molecule has 4 amide bonds. The van der Waals surface area contributed by atoms with E-state index in [1.54, 1.807) is 7.05 Å². The zero-order valence-electron chi connectivity index (χ0n) is 6.07. The molecule has 0 aliphatic carbocycles. The van der Waals surface area contributed by atoms with E-state index < -0.39 is 12.1 Å². The molecular formula is C5H8N4O2. The van der Waals surface area contributed by atoms with Crippen LogP contribution in [-0.4, -0.2) is 37.1 Å². The lowest BCUT2D eigenvalue weighted by Crippen LogP contribution is -2.33. The Labute approximate surface area is 63.3 Å². The van der Waals surface area contributed by atoms with E-state index in [0.717, 1.165) is 4.90 Å². The van der Waals surface area contributed by atoms with Crippen molar-refractivity contribution in [3.63, 3.8) is 0 Å². The molecule has 1 aliphatic rings. The van der Waals surface area contributed by atoms with E-state index in [-0.39, 0.29) is 0 Å². The molecule has 1 N–H and O–H groups in total. The number of azo groups is 1. The molecule has 6 nitrogen and oxygen atoms in total. The average molecular weight is 156 g/mol. The molecule has 1 aliphatic heterocycles. The van der Waals surface area contributed by atoms with Crippen molar-refractivity contribution < 1.29 is 9.59 Å². The van der Waals surface area contributed by atoms with E-state index in [1.807, 2.05) is 0 Å². The quantitative estimate of drug-likeness (QED) is 0.634. The second-order valence-corrected chi connectivity index (χ2v) is 2.02. The van der Waals surface area contributed by atoms with Gasteiger partial charge in [0.15, 0.2) is 0 Å². The molecule has 60 valence electrons. The minimum Gasteiger partial charge on any atom is -0.318 e. The Hall–Kier alpha value is -1.30. The third-order valence-electron chi connectivity index (χ3n) is 1.27. The van der Waals surface area contributed by atoms with Gasteiger partial charge in [-0.1, -0.05) is 10.2 Å². The number of amides is 4. The number of carbonyl (C=O) groups is 2. The van der Waals surface area contributed by atoms with Crippen LogP contribution in [0.15, 0.2) is 10.2 Å². The summed E-state index contributed by atoms with van der Waals surface area (Å²) in [5.41, 5.74) is 0. The molecule has 0 radical (unpaired) electrons. The lowest BCUT2D eigenvalue weighted by molar-refractivity contribution is 0.206. The Kier molecular flexibility index (Phi) is 2.27. The van der Waals surface area contributed by atoms with Crippen LogP contribution in [0.25, 0.3) is 0 Å². The van der Waals surface area contributed by atoms with Crippen molar-refractivity contribution in [2.75, 3.05) is 20.1 Å². The number of imide groups is 1. The van der Waals surface area contributed by atoms with Gasteiger partial charge in [-0.15, -0.1) is 0 Å². The third-order valence-corrected chi connectivity index (χ3v) is 1.27. The van der Waals surface area contributed by atoms with E-state index in [0.29, 0.717) is 13.1 Å². The summed E-state index contributed by atoms with van der Waals surface area (Å²) in [7, 11) is 1.74. The molecule has 0 unspecified atom stereocenters. The second kappa shape index (κ2) is 3.20. The monoisotopic (exact) mass is 156 g/mol. The summed E-state index contributed by atoms with van der Waals surface area (Å²) in [5.74, 6) is 0. The normalized spacial score (nSPS) is 16.6. The van der Waals surface area contributed by atoms with E-state index in [4.69, 9.17) is 0 Å². The van der Waals surface area contributed by atoms with E-state index in [9.17, 15) is 9.59 Å². The number of hydrogen-bond acceptors (Lipinski definition) is 3. The van der Waals surface area contributed by atoms with Crippen LogP contribution < -0.4 is 5.32 Å². The molecule has 0 bridgehead atoms. The van der Waals surface area contributed by atoms with Crippen molar-refractivity contribution in [1.29, 1.82) is 0 Å². The maximum Gasteiger partial charge on any atom is 0.370 e. The van der Waals surface area contributed by atoms with Gasteiger partial charge in [-0.25, -0.2) is 14.5 Å². The predicted molar refractivity (Wildman–Crippen MR) is 36.3 cm³/mol. The Bertz CT molecular complexity index is 195. The number of nitrogens with zero attached hydrogens (tertiary/aromatic N) is 3. The highest BCUT2D eigenvalue weighted by Crippen LogP contribution is 2.05. The smallest absolute Gasteiger partial charge is 0.318 e. The minimum absolute atomic E-state index is 0.321. The fourth-order valence-electron chi connectivity index (χ4n) is 0.690. The van der Waals surface area contributed by atoms with Gasteiger partial charge in [0.2, 0.25) is 0 Å². The highest BCUT2D eigenvalue weighted by atomic mass is 16.2. The fourth-order valence-corrected chi connectivity index (χ4v) is 0.690. The van der Waals surface area contributed by atoms with Crippen molar-refractivity contribution in [2.24, 2.45) is 10.2 Å². The number of carbonyl (C=O) groups excluding carboxylic acids is 2. The third kappa shape index (κ3) is 1.58. The molecule has 0 fully saturated rings. The molecule has 0 aromatic carbocycles. The number of likely N-dealkylation sites (N-methyl/N-ethyl adjacent to an activating group) is 1. The maximum atomic E-state index is 10.7. The molecule has 0 aromatic rings. The summed E-state index contributed by atoms with van der Waals surface area (Å²) in [6, 6.07) is -1.16. The lowest BCUT2D eigenvalue weighted by Gasteiger charge is -2.08. The van der Waals surface area contributed by atoms with Crippen LogP contribution in [0.4, 0.5) is 9.59 Å². The number of hydrogen-bond donors (Lipinski definition) is 1. The molecule has 0 saturated heterocycles. The van der Waals surface area contributed by atoms with Crippen molar-refractivity contribution in [1.82, 2.24) is 10.2 Å². The van der Waals surface area contributed by atoms with E-state index in [1.165, 1.54) is 0 Å². The first-order valence-electron chi connectivity index (χ1n) is 3.17. The van der Waals surface area contributed by atoms with Crippen LogP contribution in [-0.2, 0) is 0 Å². The van der Waals surface area contributed by atoms with Gasteiger partial charge < -0.3 is 5.32 Å². The highest BCUT2D eigenvalue weighted by Gasteiger charge is 2.25. The first-order chi connectivity index (χ1) is 5.25. The van der Waals surface area contributed by atoms with Gasteiger partial charge in [0.05, 0.1) is 0 Å². The molecule has 6 heteroatoms. The average Bonchev–Trinajstić information content (AvgIpc) is 2.29. The molecule has 11 heavy (non-hydrogen) atoms. The lowest BCUT2D eigenvalue weighted by atomic mass is 10.5. The SMILES string of the molecule is CNCCN1C(=O)N=NC1=O. The highest BCUT2D eigenvalue weighted by molar-refractivity contribution is 5.98. The first kappa shape index (κ1) is 7.80. The summed E-state index contributed by atoms with van der Waals surface area (Å²) in [6.45, 7) is 0.879. The summed E-state index contributed by atoms with van der Waals surface area (Å²) in [5, 5.41) is 8.98. The van der Waals surface area contributed by atoms with Gasteiger partial charge in [0.1, 0.15) is 0 Å². The van der Waals surface area contributed by atoms with Gasteiger partial charge in [0.25, 0.3) is 0 Å². The van der Waals surface area contributed by atoms with Crippen LogP contribution in [0, 0.1) is 0 Å². The molecule has 1 rings (SSSR count). The van der Waals surface area contributed by atoms with Crippen LogP contribution in [0.5, 0.6) is 0 Å². The van der Waals surface area contributed by atoms with Gasteiger partial charge in [-0.05, 0) is 7.05 Å². The summed E-state index contributed by atoms with van der Waals surface area (Å²) < 4.78 is 0. The number of urea groups is 2. The van der Waals surface area contributed by atoms with Gasteiger partial charge >= 0.3 is 12.1 Å². The molecule has 0 saturated carbocycles. The largest absolute Gasteiger partial charge is 0.370 e. The van der Waals surface area contributed by atoms with Crippen molar-refractivity contribution in [3.8, 4) is 0 Å². The van der Waals surface area contributed by atoms with Crippen LogP contribution in [0.1, 0.15) is 0 Å². The zero-order valence-corrected chi connectivity index (χ0v) is 6.07. The minimum atomic E-state index is -0.578. The molecule has 0 aromatic heterocycles. The van der Waals surface area contributed by atoms with Gasteiger partial charge in [0, 0.05) is 13.1 Å². The molecule has 1 heterocycles. The zero-order chi connectivity index (χ0) is 8.27. The van der Waals surface area contributed by atoms with Crippen molar-refractivity contribution in [2.45, 2.75) is 0 Å². The second-order valence-electron chi connectivity index (χ2n) is 2.02. The Morgan fingerprint density at radius 3 is 2.36 bits per heavy atom. The van der Waals surface area contributed by atoms with Crippen LogP contribution in [0.3, 0.4) is 0 Å². The molecule has 0 atom stereocenters. The topological polar surface area (TPSA) is 74.1 Å². The van der Waals surface area contributed by atoms with E-state index in [2.05, 4.69) is 15.5 Å². The number of nitrogens with one attached hydrogen (secondary N) is 1. The Morgan fingerprint density at radius 2 is 1.91 bits per heavy atom. The maximum absolute atomic E-state index is 10.7.